The maximum atomic E-state index is 12.3. The molecule has 1 N–H and O–H groups in total. The first kappa shape index (κ1) is 15.9. The largest absolute Gasteiger partial charge is 0.340 e. The van der Waals surface area contributed by atoms with Crippen LogP contribution >= 0.6 is 0 Å². The Hall–Kier alpha value is -2.43. The average Bonchev–Trinajstić information content (AvgIpc) is 2.54. The van der Waals surface area contributed by atoms with Gasteiger partial charge in [0, 0.05) is 25.5 Å². The number of hydrogen-bond acceptors (Lipinski definition) is 4. The van der Waals surface area contributed by atoms with Crippen LogP contribution < -0.4 is 5.32 Å². The van der Waals surface area contributed by atoms with Crippen molar-refractivity contribution in [1.29, 1.82) is 0 Å². The van der Waals surface area contributed by atoms with E-state index in [1.54, 1.807) is 24.2 Å². The molecule has 116 valence electrons. The predicted molar refractivity (Wildman–Crippen MR) is 88.4 cm³/mol. The van der Waals surface area contributed by atoms with Crippen LogP contribution in [0.1, 0.15) is 35.8 Å². The zero-order valence-corrected chi connectivity index (χ0v) is 13.3. The number of nitrogens with zero attached hydrogens (tertiary/aromatic N) is 3. The average molecular weight is 298 g/mol. The van der Waals surface area contributed by atoms with Gasteiger partial charge in [0.2, 0.25) is 5.95 Å². The molecule has 1 heterocycles. The van der Waals surface area contributed by atoms with Crippen molar-refractivity contribution in [3.8, 4) is 0 Å². The Morgan fingerprint density at radius 2 is 1.95 bits per heavy atom. The number of amides is 1. The molecule has 1 aromatic heterocycles. The molecule has 1 aromatic carbocycles. The van der Waals surface area contributed by atoms with Crippen molar-refractivity contribution in [1.82, 2.24) is 14.9 Å². The quantitative estimate of drug-likeness (QED) is 0.888. The highest BCUT2D eigenvalue weighted by atomic mass is 16.2. The van der Waals surface area contributed by atoms with Gasteiger partial charge in [0.25, 0.3) is 5.91 Å². The van der Waals surface area contributed by atoms with E-state index in [1.807, 2.05) is 31.2 Å². The monoisotopic (exact) mass is 298 g/mol. The molecule has 0 spiro atoms. The van der Waals surface area contributed by atoms with E-state index in [0.717, 1.165) is 25.1 Å². The molecule has 0 aliphatic carbocycles. The van der Waals surface area contributed by atoms with E-state index >= 15 is 0 Å². The van der Waals surface area contributed by atoms with Crippen LogP contribution in [0.2, 0.25) is 0 Å². The fourth-order valence-electron chi connectivity index (χ4n) is 2.00. The first-order valence-corrected chi connectivity index (χ1v) is 7.52. The summed E-state index contributed by atoms with van der Waals surface area (Å²) in [7, 11) is 1.80. The molecule has 0 radical (unpaired) electrons. The molecule has 22 heavy (non-hydrogen) atoms. The third-order valence-electron chi connectivity index (χ3n) is 3.38. The van der Waals surface area contributed by atoms with Gasteiger partial charge in [-0.2, -0.15) is 0 Å². The lowest BCUT2D eigenvalue weighted by atomic mass is 10.2. The van der Waals surface area contributed by atoms with Crippen LogP contribution in [0.3, 0.4) is 0 Å². The van der Waals surface area contributed by atoms with Gasteiger partial charge >= 0.3 is 0 Å². The SMILES string of the molecule is CCCCN(C)C(=O)c1ccnc(Nc2ccc(C)cc2)n1. The Labute approximate surface area is 131 Å². The highest BCUT2D eigenvalue weighted by Gasteiger charge is 2.13. The zero-order chi connectivity index (χ0) is 15.9. The van der Waals surface area contributed by atoms with Gasteiger partial charge in [-0.15, -0.1) is 0 Å². The molecule has 0 saturated heterocycles. The summed E-state index contributed by atoms with van der Waals surface area (Å²) in [6, 6.07) is 9.58. The molecule has 0 bridgehead atoms. The molecule has 0 saturated carbocycles. The van der Waals surface area contributed by atoms with Gasteiger partial charge in [-0.1, -0.05) is 31.0 Å². The van der Waals surface area contributed by atoms with E-state index in [0.29, 0.717) is 11.6 Å². The van der Waals surface area contributed by atoms with Crippen LogP contribution in [0, 0.1) is 6.92 Å². The van der Waals surface area contributed by atoms with Crippen molar-refractivity contribution in [2.75, 3.05) is 18.9 Å². The van der Waals surface area contributed by atoms with Gasteiger partial charge < -0.3 is 10.2 Å². The minimum atomic E-state index is -0.0807. The normalized spacial score (nSPS) is 10.3. The van der Waals surface area contributed by atoms with Crippen LogP contribution in [-0.4, -0.2) is 34.4 Å². The van der Waals surface area contributed by atoms with E-state index in [4.69, 9.17) is 0 Å². The van der Waals surface area contributed by atoms with Gasteiger partial charge in [0.05, 0.1) is 0 Å². The minimum Gasteiger partial charge on any atom is -0.340 e. The number of carbonyl (C=O) groups excluding carboxylic acids is 1. The van der Waals surface area contributed by atoms with Crippen molar-refractivity contribution in [2.24, 2.45) is 0 Å². The molecular weight excluding hydrogens is 276 g/mol. The number of unbranched alkanes of at least 4 members (excludes halogenated alkanes) is 1. The Kier molecular flexibility index (Phi) is 5.47. The second kappa shape index (κ2) is 7.54. The lowest BCUT2D eigenvalue weighted by Crippen LogP contribution is -2.28. The molecule has 0 aliphatic heterocycles. The van der Waals surface area contributed by atoms with E-state index in [1.165, 1.54) is 5.56 Å². The van der Waals surface area contributed by atoms with Gasteiger partial charge in [-0.25, -0.2) is 9.97 Å². The number of nitrogens with one attached hydrogen (secondary N) is 1. The van der Waals surface area contributed by atoms with E-state index in [2.05, 4.69) is 22.2 Å². The number of rotatable bonds is 6. The highest BCUT2D eigenvalue weighted by Crippen LogP contribution is 2.14. The zero-order valence-electron chi connectivity index (χ0n) is 13.3. The lowest BCUT2D eigenvalue weighted by Gasteiger charge is -2.16. The third kappa shape index (κ3) is 4.28. The van der Waals surface area contributed by atoms with E-state index in [9.17, 15) is 4.79 Å². The minimum absolute atomic E-state index is 0.0807. The maximum absolute atomic E-state index is 12.3. The third-order valence-corrected chi connectivity index (χ3v) is 3.38. The molecular formula is C17H22N4O. The summed E-state index contributed by atoms with van der Waals surface area (Å²) in [5.74, 6) is 0.349. The molecule has 5 nitrogen and oxygen atoms in total. The van der Waals surface area contributed by atoms with Crippen molar-refractivity contribution < 1.29 is 4.79 Å². The lowest BCUT2D eigenvalue weighted by molar-refractivity contribution is 0.0787. The summed E-state index contributed by atoms with van der Waals surface area (Å²) in [6.45, 7) is 4.87. The van der Waals surface area contributed by atoms with Gasteiger partial charge in [0.1, 0.15) is 5.69 Å². The standard InChI is InChI=1S/C17H22N4O/c1-4-5-12-21(3)16(22)15-10-11-18-17(20-15)19-14-8-6-13(2)7-9-14/h6-11H,4-5,12H2,1-3H3,(H,18,19,20). The fraction of sp³-hybridized carbons (Fsp3) is 0.353. The van der Waals surface area contributed by atoms with Crippen molar-refractivity contribution in [3.63, 3.8) is 0 Å². The fourth-order valence-corrected chi connectivity index (χ4v) is 2.00. The Balaban J connectivity index is 2.09. The number of carbonyl (C=O) groups is 1. The first-order chi connectivity index (χ1) is 10.6. The van der Waals surface area contributed by atoms with E-state index in [-0.39, 0.29) is 5.91 Å². The summed E-state index contributed by atoms with van der Waals surface area (Å²) in [5, 5.41) is 3.12. The Bertz CT molecular complexity index is 625. The second-order valence-electron chi connectivity index (χ2n) is 5.34. The van der Waals surface area contributed by atoms with Crippen molar-refractivity contribution >= 4 is 17.5 Å². The van der Waals surface area contributed by atoms with Gasteiger partial charge in [-0.3, -0.25) is 4.79 Å². The molecule has 0 unspecified atom stereocenters. The topological polar surface area (TPSA) is 58.1 Å². The first-order valence-electron chi connectivity index (χ1n) is 7.52. The molecule has 2 rings (SSSR count). The van der Waals surface area contributed by atoms with Gasteiger partial charge in [-0.05, 0) is 31.5 Å². The molecule has 0 fully saturated rings. The summed E-state index contributed by atoms with van der Waals surface area (Å²) < 4.78 is 0. The summed E-state index contributed by atoms with van der Waals surface area (Å²) >= 11 is 0. The molecule has 1 amide bonds. The number of aryl methyl sites for hydroxylation is 1. The van der Waals surface area contributed by atoms with Crippen LogP contribution in [0.4, 0.5) is 11.6 Å². The summed E-state index contributed by atoms with van der Waals surface area (Å²) in [6.07, 6.45) is 3.65. The van der Waals surface area contributed by atoms with E-state index < -0.39 is 0 Å². The van der Waals surface area contributed by atoms with Crippen LogP contribution in [0.15, 0.2) is 36.5 Å². The van der Waals surface area contributed by atoms with Crippen LogP contribution in [-0.2, 0) is 0 Å². The number of hydrogen-bond donors (Lipinski definition) is 1. The molecule has 0 atom stereocenters. The summed E-state index contributed by atoms with van der Waals surface area (Å²) in [4.78, 5) is 22.5. The van der Waals surface area contributed by atoms with Crippen molar-refractivity contribution in [2.45, 2.75) is 26.7 Å². The molecule has 5 heteroatoms. The van der Waals surface area contributed by atoms with Crippen LogP contribution in [0.5, 0.6) is 0 Å². The highest BCUT2D eigenvalue weighted by molar-refractivity contribution is 5.92. The van der Waals surface area contributed by atoms with Crippen LogP contribution in [0.25, 0.3) is 0 Å². The number of benzene rings is 1. The Morgan fingerprint density at radius 3 is 2.64 bits per heavy atom. The maximum Gasteiger partial charge on any atom is 0.272 e. The Morgan fingerprint density at radius 1 is 1.23 bits per heavy atom. The predicted octanol–water partition coefficient (Wildman–Crippen LogP) is 3.40. The van der Waals surface area contributed by atoms with Crippen molar-refractivity contribution in [3.05, 3.63) is 47.8 Å². The molecule has 0 aliphatic rings. The second-order valence-corrected chi connectivity index (χ2v) is 5.34. The van der Waals surface area contributed by atoms with Gasteiger partial charge in [0.15, 0.2) is 0 Å². The summed E-state index contributed by atoms with van der Waals surface area (Å²) in [5.41, 5.74) is 2.49. The number of aromatic nitrogens is 2. The molecule has 2 aromatic rings. The number of anilines is 2. The smallest absolute Gasteiger partial charge is 0.272 e.